The number of anilines is 4. The molecule has 1 heterocycles. The molecule has 1 aliphatic rings. The molecule has 0 fully saturated rings. The molecular weight excluding hydrogens is 398 g/mol. The fourth-order valence-electron chi connectivity index (χ4n) is 3.33. The van der Waals surface area contributed by atoms with Gasteiger partial charge in [0.25, 0.3) is 15.9 Å². The minimum atomic E-state index is -3.81. The van der Waals surface area contributed by atoms with E-state index in [4.69, 9.17) is 0 Å². The quantitative estimate of drug-likeness (QED) is 0.509. The van der Waals surface area contributed by atoms with Crippen LogP contribution in [0.15, 0.2) is 83.3 Å². The van der Waals surface area contributed by atoms with Gasteiger partial charge in [0.2, 0.25) is 0 Å². The molecule has 0 saturated carbocycles. The number of sulfonamides is 1. The van der Waals surface area contributed by atoms with Gasteiger partial charge >= 0.3 is 0 Å². The van der Waals surface area contributed by atoms with Crippen molar-refractivity contribution in [3.8, 4) is 0 Å². The van der Waals surface area contributed by atoms with Crippen molar-refractivity contribution in [3.05, 3.63) is 83.9 Å². The third-order valence-electron chi connectivity index (χ3n) is 4.75. The first kappa shape index (κ1) is 19.7. The Balaban J connectivity index is 1.55. The van der Waals surface area contributed by atoms with Gasteiger partial charge in [0.1, 0.15) is 0 Å². The second-order valence-corrected chi connectivity index (χ2v) is 8.89. The standard InChI is InChI=1S/C23H21N3O3S/c1-15(2)22-20-14-19(12-13-21(20)25-23(22)27)30(28,29)26-18-10-8-17(9-11-18)24-16-6-4-3-5-7-16/h3-14,24,26H,1-2H3,(H,25,27). The van der Waals surface area contributed by atoms with Crippen molar-refractivity contribution in [1.82, 2.24) is 0 Å². The zero-order valence-corrected chi connectivity index (χ0v) is 17.4. The Kier molecular flexibility index (Phi) is 5.05. The summed E-state index contributed by atoms with van der Waals surface area (Å²) in [5, 5.41) is 6.02. The van der Waals surface area contributed by atoms with E-state index < -0.39 is 10.0 Å². The summed E-state index contributed by atoms with van der Waals surface area (Å²) in [6.07, 6.45) is 0. The van der Waals surface area contributed by atoms with Crippen molar-refractivity contribution < 1.29 is 13.2 Å². The number of hydrogen-bond acceptors (Lipinski definition) is 4. The molecule has 0 saturated heterocycles. The highest BCUT2D eigenvalue weighted by Crippen LogP contribution is 2.35. The number of benzene rings is 3. The molecule has 0 spiro atoms. The van der Waals surface area contributed by atoms with Crippen LogP contribution in [0.3, 0.4) is 0 Å². The fourth-order valence-corrected chi connectivity index (χ4v) is 4.42. The predicted molar refractivity (Wildman–Crippen MR) is 120 cm³/mol. The maximum Gasteiger partial charge on any atom is 0.261 e. The van der Waals surface area contributed by atoms with Crippen LogP contribution < -0.4 is 15.4 Å². The van der Waals surface area contributed by atoms with Crippen LogP contribution in [0.4, 0.5) is 22.7 Å². The number of para-hydroxylation sites is 1. The molecule has 6 nitrogen and oxygen atoms in total. The lowest BCUT2D eigenvalue weighted by Crippen LogP contribution is -2.13. The van der Waals surface area contributed by atoms with Gasteiger partial charge in [0, 0.05) is 33.9 Å². The van der Waals surface area contributed by atoms with Crippen LogP contribution >= 0.6 is 0 Å². The molecule has 3 aromatic rings. The molecule has 0 aliphatic carbocycles. The number of nitrogens with one attached hydrogen (secondary N) is 3. The third kappa shape index (κ3) is 3.92. The summed E-state index contributed by atoms with van der Waals surface area (Å²) in [7, 11) is -3.81. The zero-order valence-electron chi connectivity index (χ0n) is 16.6. The van der Waals surface area contributed by atoms with Crippen molar-refractivity contribution in [1.29, 1.82) is 0 Å². The summed E-state index contributed by atoms with van der Waals surface area (Å²) in [6, 6.07) is 21.3. The van der Waals surface area contributed by atoms with E-state index in [1.807, 2.05) is 44.2 Å². The summed E-state index contributed by atoms with van der Waals surface area (Å²) in [4.78, 5) is 12.2. The van der Waals surface area contributed by atoms with E-state index in [0.717, 1.165) is 16.9 Å². The first-order chi connectivity index (χ1) is 14.3. The third-order valence-corrected chi connectivity index (χ3v) is 6.12. The summed E-state index contributed by atoms with van der Waals surface area (Å²) in [5.41, 5.74) is 4.80. The predicted octanol–water partition coefficient (Wildman–Crippen LogP) is 4.98. The second-order valence-electron chi connectivity index (χ2n) is 7.21. The number of carbonyl (C=O) groups is 1. The SMILES string of the molecule is CC(C)=C1C(=O)Nc2ccc(S(=O)(=O)Nc3ccc(Nc4ccccc4)cc3)cc21. The van der Waals surface area contributed by atoms with Gasteiger partial charge in [-0.25, -0.2) is 8.42 Å². The van der Waals surface area contributed by atoms with E-state index in [0.29, 0.717) is 22.5 Å². The van der Waals surface area contributed by atoms with Gasteiger partial charge in [-0.2, -0.15) is 0 Å². The first-order valence-electron chi connectivity index (χ1n) is 9.42. The molecule has 0 aromatic heterocycles. The molecule has 7 heteroatoms. The van der Waals surface area contributed by atoms with E-state index in [-0.39, 0.29) is 10.8 Å². The molecule has 152 valence electrons. The van der Waals surface area contributed by atoms with Gasteiger partial charge < -0.3 is 10.6 Å². The highest BCUT2D eigenvalue weighted by atomic mass is 32.2. The monoisotopic (exact) mass is 419 g/mol. The molecule has 3 N–H and O–H groups in total. The average Bonchev–Trinajstić information content (AvgIpc) is 3.05. The van der Waals surface area contributed by atoms with Crippen molar-refractivity contribution in [2.24, 2.45) is 0 Å². The molecule has 0 radical (unpaired) electrons. The smallest absolute Gasteiger partial charge is 0.261 e. The Morgan fingerprint density at radius 3 is 2.13 bits per heavy atom. The van der Waals surface area contributed by atoms with E-state index in [2.05, 4.69) is 15.4 Å². The van der Waals surface area contributed by atoms with E-state index in [1.54, 1.807) is 30.3 Å². The largest absolute Gasteiger partial charge is 0.356 e. The number of carbonyl (C=O) groups excluding carboxylic acids is 1. The second kappa shape index (κ2) is 7.68. The van der Waals surface area contributed by atoms with Gasteiger partial charge in [-0.15, -0.1) is 0 Å². The van der Waals surface area contributed by atoms with Crippen molar-refractivity contribution in [3.63, 3.8) is 0 Å². The Labute approximate surface area is 175 Å². The van der Waals surface area contributed by atoms with Gasteiger partial charge in [-0.3, -0.25) is 9.52 Å². The maximum atomic E-state index is 12.9. The van der Waals surface area contributed by atoms with Gasteiger partial charge in [-0.1, -0.05) is 23.8 Å². The lowest BCUT2D eigenvalue weighted by atomic mass is 10.0. The van der Waals surface area contributed by atoms with Gasteiger partial charge in [0.05, 0.1) is 4.90 Å². The number of amides is 1. The number of rotatable bonds is 5. The maximum absolute atomic E-state index is 12.9. The minimum absolute atomic E-state index is 0.1000. The van der Waals surface area contributed by atoms with Gasteiger partial charge in [-0.05, 0) is 68.4 Å². The van der Waals surface area contributed by atoms with Crippen LogP contribution in [0.1, 0.15) is 19.4 Å². The Morgan fingerprint density at radius 2 is 1.47 bits per heavy atom. The van der Waals surface area contributed by atoms with E-state index >= 15 is 0 Å². The summed E-state index contributed by atoms with van der Waals surface area (Å²) in [5.74, 6) is -0.214. The summed E-state index contributed by atoms with van der Waals surface area (Å²) >= 11 is 0. The van der Waals surface area contributed by atoms with Gasteiger partial charge in [0.15, 0.2) is 0 Å². The molecule has 1 aliphatic heterocycles. The minimum Gasteiger partial charge on any atom is -0.356 e. The normalized spacial score (nSPS) is 12.9. The summed E-state index contributed by atoms with van der Waals surface area (Å²) in [6.45, 7) is 3.66. The van der Waals surface area contributed by atoms with Crippen LogP contribution in [0.25, 0.3) is 5.57 Å². The highest BCUT2D eigenvalue weighted by Gasteiger charge is 2.27. The number of hydrogen-bond donors (Lipinski definition) is 3. The van der Waals surface area contributed by atoms with Crippen LogP contribution in [0.5, 0.6) is 0 Å². The lowest BCUT2D eigenvalue weighted by Gasteiger charge is -2.11. The highest BCUT2D eigenvalue weighted by molar-refractivity contribution is 7.92. The van der Waals surface area contributed by atoms with Crippen molar-refractivity contribution >= 4 is 44.3 Å². The molecule has 1 amide bonds. The molecule has 3 aromatic carbocycles. The molecule has 0 atom stereocenters. The van der Waals surface area contributed by atoms with Crippen LogP contribution in [-0.2, 0) is 14.8 Å². The van der Waals surface area contributed by atoms with E-state index in [1.165, 1.54) is 12.1 Å². The topological polar surface area (TPSA) is 87.3 Å². The molecular formula is C23H21N3O3S. The van der Waals surface area contributed by atoms with Crippen LogP contribution in [-0.4, -0.2) is 14.3 Å². The Hall–Kier alpha value is -3.58. The molecule has 4 rings (SSSR count). The molecule has 0 bridgehead atoms. The van der Waals surface area contributed by atoms with Crippen molar-refractivity contribution in [2.45, 2.75) is 18.7 Å². The van der Waals surface area contributed by atoms with Crippen LogP contribution in [0.2, 0.25) is 0 Å². The molecule has 0 unspecified atom stereocenters. The number of fused-ring (bicyclic) bond motifs is 1. The zero-order chi connectivity index (χ0) is 21.3. The first-order valence-corrected chi connectivity index (χ1v) is 10.9. The van der Waals surface area contributed by atoms with E-state index in [9.17, 15) is 13.2 Å². The number of allylic oxidation sites excluding steroid dienone is 1. The van der Waals surface area contributed by atoms with Crippen LogP contribution in [0, 0.1) is 0 Å². The van der Waals surface area contributed by atoms with Crippen molar-refractivity contribution in [2.75, 3.05) is 15.4 Å². The summed E-state index contributed by atoms with van der Waals surface area (Å²) < 4.78 is 28.4. The lowest BCUT2D eigenvalue weighted by molar-refractivity contribution is -0.110. The molecule has 30 heavy (non-hydrogen) atoms. The average molecular weight is 420 g/mol. The Bertz CT molecular complexity index is 1240. The fraction of sp³-hybridized carbons (Fsp3) is 0.0870. The Morgan fingerprint density at radius 1 is 0.833 bits per heavy atom.